The third kappa shape index (κ3) is 11.8. The molecule has 0 aliphatic rings. The van der Waals surface area contributed by atoms with Crippen LogP contribution in [-0.2, 0) is 9.59 Å². The van der Waals surface area contributed by atoms with Crippen LogP contribution in [0.25, 0.3) is 0 Å². The molecule has 0 amide bonds. The molecule has 0 rings (SSSR count). The summed E-state index contributed by atoms with van der Waals surface area (Å²) in [4.78, 5) is 26.0. The van der Waals surface area contributed by atoms with Gasteiger partial charge in [-0.1, -0.05) is 33.6 Å². The van der Waals surface area contributed by atoms with Crippen molar-refractivity contribution in [2.45, 2.75) is 71.4 Å². The Kier molecular flexibility index (Phi) is 12.7. The number of nitrogens with zero attached hydrogens (tertiary/aromatic N) is 1. The van der Waals surface area contributed by atoms with Crippen molar-refractivity contribution in [3.63, 3.8) is 0 Å². The van der Waals surface area contributed by atoms with Crippen LogP contribution < -0.4 is 16.8 Å². The third-order valence-electron chi connectivity index (χ3n) is 4.21. The molecular weight excluding hydrogens is 336 g/mol. The fourth-order valence-electron chi connectivity index (χ4n) is 2.43. The molecule has 0 aliphatic carbocycles. The van der Waals surface area contributed by atoms with E-state index in [-0.39, 0.29) is 5.92 Å². The minimum absolute atomic E-state index is 0.268. The summed E-state index contributed by atoms with van der Waals surface area (Å²) >= 11 is 0. The van der Waals surface area contributed by atoms with Crippen LogP contribution in [0, 0.1) is 11.8 Å². The molecule has 0 aromatic heterocycles. The summed E-state index contributed by atoms with van der Waals surface area (Å²) in [5.41, 5.74) is 11.0. The molecule has 0 aromatic rings. The monoisotopic (exact) mass is 372 g/mol. The summed E-state index contributed by atoms with van der Waals surface area (Å²) in [7, 11) is 0. The van der Waals surface area contributed by atoms with Gasteiger partial charge >= 0.3 is 11.9 Å². The molecule has 0 aromatic carbocycles. The number of hydrogen-bond acceptors (Lipinski definition) is 5. The largest absolute Gasteiger partial charge is 0.480 e. The molecular formula is C18H36N4O4. The first-order chi connectivity index (χ1) is 12.1. The van der Waals surface area contributed by atoms with Crippen molar-refractivity contribution in [3.8, 4) is 0 Å². The Balaban J connectivity index is 4.11. The highest BCUT2D eigenvalue weighted by atomic mass is 16.4. The predicted octanol–water partition coefficient (Wildman–Crippen LogP) is 1.43. The van der Waals surface area contributed by atoms with Crippen molar-refractivity contribution in [2.24, 2.45) is 28.3 Å². The van der Waals surface area contributed by atoms with Crippen molar-refractivity contribution in [1.82, 2.24) is 5.32 Å². The van der Waals surface area contributed by atoms with Crippen molar-refractivity contribution in [1.29, 1.82) is 0 Å². The second kappa shape index (κ2) is 13.5. The van der Waals surface area contributed by atoms with Crippen molar-refractivity contribution in [3.05, 3.63) is 0 Å². The lowest BCUT2D eigenvalue weighted by molar-refractivity contribution is -0.139. The van der Waals surface area contributed by atoms with Gasteiger partial charge in [-0.25, -0.2) is 0 Å². The van der Waals surface area contributed by atoms with E-state index in [0.717, 1.165) is 25.1 Å². The van der Waals surface area contributed by atoms with E-state index >= 15 is 0 Å². The minimum Gasteiger partial charge on any atom is -0.480 e. The number of aliphatic carboxylic acids is 2. The number of hydrogen-bond donors (Lipinski definition) is 5. The first kappa shape index (κ1) is 24.3. The van der Waals surface area contributed by atoms with Crippen LogP contribution in [-0.4, -0.2) is 53.2 Å². The van der Waals surface area contributed by atoms with Crippen molar-refractivity contribution in [2.75, 3.05) is 13.1 Å². The number of carbonyl (C=O) groups is 2. The zero-order valence-corrected chi connectivity index (χ0v) is 16.3. The van der Waals surface area contributed by atoms with E-state index < -0.39 is 24.0 Å². The van der Waals surface area contributed by atoms with Crippen LogP contribution in [0.5, 0.6) is 0 Å². The minimum atomic E-state index is -0.971. The second-order valence-corrected chi connectivity index (χ2v) is 7.23. The van der Waals surface area contributed by atoms with Crippen LogP contribution in [0.1, 0.15) is 59.3 Å². The summed E-state index contributed by atoms with van der Waals surface area (Å²) in [6, 6.07) is -1.58. The predicted molar refractivity (Wildman–Crippen MR) is 103 cm³/mol. The Morgan fingerprint density at radius 3 is 1.92 bits per heavy atom. The first-order valence-corrected chi connectivity index (χ1v) is 9.40. The number of aliphatic imine (C=N–C) groups is 1. The van der Waals surface area contributed by atoms with E-state index in [1.54, 1.807) is 0 Å². The molecule has 0 radical (unpaired) electrons. The molecule has 8 nitrogen and oxygen atoms in total. The second-order valence-electron chi connectivity index (χ2n) is 7.23. The summed E-state index contributed by atoms with van der Waals surface area (Å²) in [5.74, 6) is -0.315. The third-order valence-corrected chi connectivity index (χ3v) is 4.21. The molecule has 0 heterocycles. The van der Waals surface area contributed by atoms with Crippen molar-refractivity contribution < 1.29 is 19.8 Å². The fourth-order valence-corrected chi connectivity index (χ4v) is 2.43. The Labute approximate surface area is 156 Å². The van der Waals surface area contributed by atoms with Gasteiger partial charge in [-0.15, -0.1) is 0 Å². The Morgan fingerprint density at radius 2 is 1.42 bits per heavy atom. The standard InChI is InChI=1S/C18H36N4O4/c1-12(2)16(21-10-6-9-15(20)18(25)26)22-11-13(3)7-4-5-8-14(19)17(23)24/h12-15H,4-11,19-20H2,1-3H3,(H,21,22)(H,23,24)(H,25,26). The number of carboxylic acids is 2. The Morgan fingerprint density at radius 1 is 0.923 bits per heavy atom. The maximum Gasteiger partial charge on any atom is 0.320 e. The molecule has 0 saturated heterocycles. The van der Waals surface area contributed by atoms with E-state index in [1.165, 1.54) is 0 Å². The zero-order chi connectivity index (χ0) is 20.1. The first-order valence-electron chi connectivity index (χ1n) is 9.40. The van der Waals surface area contributed by atoms with Gasteiger partial charge in [-0.3, -0.25) is 14.6 Å². The topological polar surface area (TPSA) is 151 Å². The van der Waals surface area contributed by atoms with Crippen LogP contribution in [0.15, 0.2) is 4.99 Å². The average molecular weight is 373 g/mol. The normalized spacial score (nSPS) is 15.5. The molecule has 8 heteroatoms. The van der Waals surface area contributed by atoms with Gasteiger partial charge < -0.3 is 27.0 Å². The number of carboxylic acid groups (broad SMARTS) is 2. The van der Waals surface area contributed by atoms with E-state index in [0.29, 0.717) is 38.3 Å². The van der Waals surface area contributed by atoms with E-state index in [4.69, 9.17) is 21.7 Å². The molecule has 26 heavy (non-hydrogen) atoms. The highest BCUT2D eigenvalue weighted by molar-refractivity contribution is 5.83. The molecule has 3 unspecified atom stereocenters. The lowest BCUT2D eigenvalue weighted by Gasteiger charge is -2.16. The molecule has 0 bridgehead atoms. The highest BCUT2D eigenvalue weighted by Gasteiger charge is 2.12. The smallest absolute Gasteiger partial charge is 0.320 e. The molecule has 0 saturated carbocycles. The maximum atomic E-state index is 10.7. The quantitative estimate of drug-likeness (QED) is 0.176. The molecule has 0 aliphatic heterocycles. The average Bonchev–Trinajstić information content (AvgIpc) is 2.56. The van der Waals surface area contributed by atoms with Crippen LogP contribution in [0.3, 0.4) is 0 Å². The van der Waals surface area contributed by atoms with Crippen LogP contribution >= 0.6 is 0 Å². The van der Waals surface area contributed by atoms with Gasteiger partial charge in [-0.05, 0) is 31.6 Å². The number of amidine groups is 1. The Bertz CT molecular complexity index is 454. The van der Waals surface area contributed by atoms with E-state index in [1.807, 2.05) is 0 Å². The van der Waals surface area contributed by atoms with Crippen LogP contribution in [0.4, 0.5) is 0 Å². The van der Waals surface area contributed by atoms with Gasteiger partial charge in [0.2, 0.25) is 0 Å². The van der Waals surface area contributed by atoms with E-state index in [9.17, 15) is 9.59 Å². The summed E-state index contributed by atoms with van der Waals surface area (Å²) < 4.78 is 0. The highest BCUT2D eigenvalue weighted by Crippen LogP contribution is 2.11. The Hall–Kier alpha value is -1.67. The summed E-state index contributed by atoms with van der Waals surface area (Å²) in [5, 5.41) is 20.8. The van der Waals surface area contributed by atoms with Gasteiger partial charge in [-0.2, -0.15) is 0 Å². The molecule has 0 fully saturated rings. The number of rotatable bonds is 14. The van der Waals surface area contributed by atoms with E-state index in [2.05, 4.69) is 31.1 Å². The summed E-state index contributed by atoms with van der Waals surface area (Å²) in [6.07, 6.45) is 4.34. The number of nitrogens with two attached hydrogens (primary N) is 2. The van der Waals surface area contributed by atoms with Gasteiger partial charge in [0.15, 0.2) is 0 Å². The zero-order valence-electron chi connectivity index (χ0n) is 16.3. The number of nitrogens with one attached hydrogen (secondary N) is 1. The molecule has 3 atom stereocenters. The summed E-state index contributed by atoms with van der Waals surface area (Å²) in [6.45, 7) is 7.61. The van der Waals surface area contributed by atoms with Gasteiger partial charge in [0.1, 0.15) is 12.1 Å². The van der Waals surface area contributed by atoms with Crippen molar-refractivity contribution >= 4 is 17.8 Å². The molecule has 152 valence electrons. The van der Waals surface area contributed by atoms with Gasteiger partial charge in [0.05, 0.1) is 5.84 Å². The fraction of sp³-hybridized carbons (Fsp3) is 0.833. The van der Waals surface area contributed by atoms with Gasteiger partial charge in [0, 0.05) is 19.0 Å². The van der Waals surface area contributed by atoms with Crippen LogP contribution in [0.2, 0.25) is 0 Å². The van der Waals surface area contributed by atoms with Gasteiger partial charge in [0.25, 0.3) is 0 Å². The lowest BCUT2D eigenvalue weighted by atomic mass is 10.0. The lowest BCUT2D eigenvalue weighted by Crippen LogP contribution is -2.33. The molecule has 0 spiro atoms. The maximum absolute atomic E-state index is 10.7. The number of unbranched alkanes of at least 4 members (excludes halogenated alkanes) is 1. The SMILES string of the molecule is CC(CCCCC(N)C(=O)O)C/N=C(/NCCCC(N)C(=O)O)C(C)C. The molecule has 7 N–H and O–H groups in total.